The van der Waals surface area contributed by atoms with Crippen LogP contribution in [0.15, 0.2) is 54.6 Å². The second-order valence-corrected chi connectivity index (χ2v) is 34.7. The standard InChI is InChI=1S/C94H153N7O39/c1-65(102)98-79-85-82(135-91(4,5)138-85)71(132-88(79)110-10)57-123-51-46-119-43-40-116-37-34-113-31-25-95-74(105)22-28-128-62-94(101-77(108)60-126-54-49-122-50-55-127-61-78(109)131-56-68-18-20-70(21-19-68)69-16-14-13-15-17-69,63-129-29-23-75(106)96-26-32-114-35-38-117-41-44-120-47-52-124-58-72-83-86(139-92(6,7)136-83)80(99-66(2)103)89(111-11)133-72)64-130-30-24-76(107)97-27-33-115-36-39-118-42-45-121-48-53-125-59-73-84-87(140-93(8,9)137-84)81(100-67(3)104)90(112-12)134-73/h13-21,71-73,79-90H,22-64H2,1-12H3,(H,95,105)(H,96,106)(H,97,107)(H,98,102)(H,99,103)(H,100,104)(H,101,108)/t71-,72-,73-,79-,80-,81-,82+,83+,84+,85-,86-,87-,88-,89-,90-/m1/s1. The number of esters is 1. The predicted octanol–water partition coefficient (Wildman–Crippen LogP) is 0.258. The van der Waals surface area contributed by atoms with Crippen LogP contribution < -0.4 is 37.2 Å². The maximum absolute atomic E-state index is 14.0. The molecule has 6 heterocycles. The minimum Gasteiger partial charge on any atom is -0.459 e. The number of hydrogen-bond donors (Lipinski definition) is 7. The van der Waals surface area contributed by atoms with Gasteiger partial charge in [-0.1, -0.05) is 54.6 Å². The smallest absolute Gasteiger partial charge is 0.332 e. The highest BCUT2D eigenvalue weighted by molar-refractivity contribution is 5.79. The van der Waals surface area contributed by atoms with Crippen molar-refractivity contribution in [1.29, 1.82) is 0 Å². The molecular formula is C94H153N7O39. The second-order valence-electron chi connectivity index (χ2n) is 34.7. The van der Waals surface area contributed by atoms with Crippen molar-refractivity contribution in [3.8, 4) is 11.1 Å². The van der Waals surface area contributed by atoms with Gasteiger partial charge in [-0.25, -0.2) is 4.79 Å². The quantitative estimate of drug-likeness (QED) is 0.0345. The van der Waals surface area contributed by atoms with Gasteiger partial charge in [0.25, 0.3) is 0 Å². The minimum absolute atomic E-state index is 0.0161. The van der Waals surface area contributed by atoms with Crippen LogP contribution in [0.1, 0.15) is 87.1 Å². The Kier molecular flexibility index (Phi) is 55.9. The number of rotatable bonds is 77. The molecule has 6 saturated heterocycles. The van der Waals surface area contributed by atoms with E-state index < -0.39 is 133 Å². The van der Waals surface area contributed by atoms with Gasteiger partial charge in [0.1, 0.15) is 98.4 Å². The van der Waals surface area contributed by atoms with Gasteiger partial charge in [0.15, 0.2) is 36.2 Å². The third-order valence-corrected chi connectivity index (χ3v) is 21.8. The Morgan fingerprint density at radius 2 is 0.593 bits per heavy atom. The Morgan fingerprint density at radius 1 is 0.314 bits per heavy atom. The lowest BCUT2D eigenvalue weighted by Gasteiger charge is -2.41. The van der Waals surface area contributed by atoms with Gasteiger partial charge in [-0.2, -0.15) is 0 Å². The summed E-state index contributed by atoms with van der Waals surface area (Å²) in [5, 5.41) is 19.9. The van der Waals surface area contributed by atoms with E-state index in [1.165, 1.54) is 42.1 Å². The molecule has 0 radical (unpaired) electrons. The van der Waals surface area contributed by atoms with Crippen LogP contribution in [0.3, 0.4) is 0 Å². The average Bonchev–Trinajstić information content (AvgIpc) is 1.62. The summed E-state index contributed by atoms with van der Waals surface area (Å²) < 4.78 is 181. The van der Waals surface area contributed by atoms with E-state index in [1.54, 1.807) is 41.5 Å². The van der Waals surface area contributed by atoms with Gasteiger partial charge < -0.3 is 184 Å². The molecule has 0 aliphatic carbocycles. The normalized spacial score (nSPS) is 23.8. The minimum atomic E-state index is -1.49. The van der Waals surface area contributed by atoms with Crippen LogP contribution in [0.2, 0.25) is 0 Å². The van der Waals surface area contributed by atoms with Gasteiger partial charge in [-0.05, 0) is 58.2 Å². The van der Waals surface area contributed by atoms with E-state index in [-0.39, 0.29) is 273 Å². The Balaban J connectivity index is 0.738. The summed E-state index contributed by atoms with van der Waals surface area (Å²) in [5.74, 6) is -5.68. The number of carbonyl (C=O) groups is 8. The molecule has 15 atom stereocenters. The van der Waals surface area contributed by atoms with Gasteiger partial charge >= 0.3 is 5.97 Å². The predicted molar refractivity (Wildman–Crippen MR) is 491 cm³/mol. The summed E-state index contributed by atoms with van der Waals surface area (Å²) in [6, 6.07) is 15.9. The molecule has 7 N–H and O–H groups in total. The zero-order valence-corrected chi connectivity index (χ0v) is 83.2. The fraction of sp³-hybridized carbons (Fsp3) is 0.787. The van der Waals surface area contributed by atoms with Crippen LogP contribution in [-0.2, 0) is 192 Å². The number of methoxy groups -OCH3 is 3. The largest absolute Gasteiger partial charge is 0.459 e. The number of ether oxygens (including phenoxy) is 31. The van der Waals surface area contributed by atoms with E-state index in [0.29, 0.717) is 39.6 Å². The SMILES string of the molecule is CO[C@@H]1O[C@H](COCCOCCOCCOCCNC(=O)CCOCC(COCCC(=O)NCCOCCOCCOCCOC[C@H]2O[C@@H](OC)[C@H](NC(C)=O)[C@H]3OC(C)(C)O[C@H]32)(COCCC(=O)NCCOCCOCCOCCOC[C@H]2O[C@@H](OC)[C@H](NC(C)=O)[C@H]3OC(C)(C)O[C@H]32)NC(=O)COCCOCCOCC(=O)OCc2ccc(-c3ccccc3)cc2)[C@@H]2OC(C)(C)O[C@@H]2[C@H]1NC(C)=O. The maximum Gasteiger partial charge on any atom is 0.332 e. The van der Waals surface area contributed by atoms with Crippen molar-refractivity contribution in [2.24, 2.45) is 0 Å². The van der Waals surface area contributed by atoms with Crippen molar-refractivity contribution in [2.45, 2.75) is 203 Å². The molecule has 6 aliphatic rings. The third kappa shape index (κ3) is 45.7. The highest BCUT2D eigenvalue weighted by Crippen LogP contribution is 2.41. The first-order chi connectivity index (χ1) is 67.6. The van der Waals surface area contributed by atoms with Crippen LogP contribution >= 0.6 is 0 Å². The molecule has 0 aromatic heterocycles. The maximum atomic E-state index is 14.0. The van der Waals surface area contributed by atoms with E-state index in [0.717, 1.165) is 16.7 Å². The van der Waals surface area contributed by atoms with Crippen molar-refractivity contribution in [2.75, 3.05) is 279 Å². The van der Waals surface area contributed by atoms with Crippen LogP contribution in [-0.4, -0.2) is 441 Å². The fourth-order valence-electron chi connectivity index (χ4n) is 15.6. The molecule has 0 saturated carbocycles. The zero-order valence-electron chi connectivity index (χ0n) is 83.2. The number of benzene rings is 2. The van der Waals surface area contributed by atoms with Crippen molar-refractivity contribution in [1.82, 2.24) is 37.2 Å². The van der Waals surface area contributed by atoms with E-state index in [1.807, 2.05) is 54.6 Å². The van der Waals surface area contributed by atoms with Crippen molar-refractivity contribution in [3.63, 3.8) is 0 Å². The van der Waals surface area contributed by atoms with Crippen LogP contribution in [0.4, 0.5) is 0 Å². The zero-order chi connectivity index (χ0) is 101. The average molecular weight is 2010 g/mol. The lowest BCUT2D eigenvalue weighted by molar-refractivity contribution is -0.245. The molecule has 0 unspecified atom stereocenters. The molecule has 46 heteroatoms. The first kappa shape index (κ1) is 118. The highest BCUT2D eigenvalue weighted by atomic mass is 16.8. The monoisotopic (exact) mass is 2000 g/mol. The molecule has 8 rings (SSSR count). The van der Waals surface area contributed by atoms with E-state index in [9.17, 15) is 38.4 Å². The van der Waals surface area contributed by atoms with Crippen molar-refractivity contribution >= 4 is 47.3 Å². The second kappa shape index (κ2) is 66.2. The number of hydrogen-bond acceptors (Lipinski definition) is 39. The van der Waals surface area contributed by atoms with Gasteiger partial charge in [0.05, 0.1) is 225 Å². The Morgan fingerprint density at radius 3 is 0.900 bits per heavy atom. The van der Waals surface area contributed by atoms with Gasteiger partial charge in [-0.15, -0.1) is 0 Å². The molecule has 0 bridgehead atoms. The molecule has 6 aliphatic heterocycles. The molecular weight excluding hydrogens is 1850 g/mol. The molecule has 7 amide bonds. The van der Waals surface area contributed by atoms with Crippen LogP contribution in [0.5, 0.6) is 0 Å². The molecule has 2 aromatic carbocycles. The van der Waals surface area contributed by atoms with Crippen LogP contribution in [0.25, 0.3) is 11.1 Å². The van der Waals surface area contributed by atoms with Gasteiger partial charge in [-0.3, -0.25) is 33.6 Å². The Bertz CT molecular complexity index is 3540. The first-order valence-corrected chi connectivity index (χ1v) is 47.8. The number of amides is 7. The summed E-state index contributed by atoms with van der Waals surface area (Å²) in [7, 11) is 4.48. The molecule has 798 valence electrons. The van der Waals surface area contributed by atoms with E-state index >= 15 is 0 Å². The molecule has 0 spiro atoms. The first-order valence-electron chi connectivity index (χ1n) is 47.8. The summed E-state index contributed by atoms with van der Waals surface area (Å²) >= 11 is 0. The van der Waals surface area contributed by atoms with Crippen molar-refractivity contribution < 1.29 is 185 Å². The topological polar surface area (TPSA) is 507 Å². The summed E-state index contributed by atoms with van der Waals surface area (Å²) in [5.41, 5.74) is 1.45. The molecule has 140 heavy (non-hydrogen) atoms. The lowest BCUT2D eigenvalue weighted by Crippen LogP contribution is -2.63. The number of nitrogens with one attached hydrogen (secondary N) is 7. The van der Waals surface area contributed by atoms with Crippen LogP contribution in [0, 0.1) is 0 Å². The summed E-state index contributed by atoms with van der Waals surface area (Å²) in [6.07, 6.45) is -7.25. The third-order valence-electron chi connectivity index (χ3n) is 21.8. The highest BCUT2D eigenvalue weighted by Gasteiger charge is 2.59. The molecule has 46 nitrogen and oxygen atoms in total. The van der Waals surface area contributed by atoms with Crippen molar-refractivity contribution in [3.05, 3.63) is 60.2 Å². The number of fused-ring (bicyclic) bond motifs is 3. The summed E-state index contributed by atoms with van der Waals surface area (Å²) in [4.78, 5) is 102. The fourth-order valence-corrected chi connectivity index (χ4v) is 15.6. The van der Waals surface area contributed by atoms with Gasteiger partial charge in [0.2, 0.25) is 41.4 Å². The Hall–Kier alpha value is -7.00. The molecule has 6 fully saturated rings. The van der Waals surface area contributed by atoms with E-state index in [2.05, 4.69) is 37.2 Å². The molecule has 2 aromatic rings. The summed E-state index contributed by atoms with van der Waals surface area (Å²) in [6.45, 7) is 20.0. The van der Waals surface area contributed by atoms with E-state index in [4.69, 9.17) is 147 Å². The number of carbonyl (C=O) groups excluding carboxylic acids is 8. The van der Waals surface area contributed by atoms with Gasteiger partial charge in [0, 0.05) is 81.0 Å². The lowest BCUT2D eigenvalue weighted by atomic mass is 9.97. The Labute approximate surface area is 819 Å².